The van der Waals surface area contributed by atoms with Crippen LogP contribution >= 0.6 is 0 Å². The summed E-state index contributed by atoms with van der Waals surface area (Å²) in [6.45, 7) is 0.769. The first kappa shape index (κ1) is 13.1. The lowest BCUT2D eigenvalue weighted by Gasteiger charge is -2.05. The predicted octanol–water partition coefficient (Wildman–Crippen LogP) is -0.596. The lowest BCUT2D eigenvalue weighted by atomic mass is 10.2. The summed E-state index contributed by atoms with van der Waals surface area (Å²) in [4.78, 5) is 19.7. The number of rotatable bonds is 5. The van der Waals surface area contributed by atoms with Crippen molar-refractivity contribution >= 4 is 5.97 Å². The van der Waals surface area contributed by atoms with Crippen LogP contribution in [0.15, 0.2) is 18.6 Å². The molecule has 0 aliphatic heterocycles. The van der Waals surface area contributed by atoms with Crippen molar-refractivity contribution < 1.29 is 9.53 Å². The molecule has 2 aromatic rings. The molecule has 8 nitrogen and oxygen atoms in total. The third kappa shape index (κ3) is 2.91. The van der Waals surface area contributed by atoms with Crippen molar-refractivity contribution in [3.8, 4) is 0 Å². The molecule has 0 bridgehead atoms. The van der Waals surface area contributed by atoms with E-state index >= 15 is 0 Å². The molecule has 19 heavy (non-hydrogen) atoms. The van der Waals surface area contributed by atoms with E-state index in [9.17, 15) is 4.79 Å². The second-order valence-electron chi connectivity index (χ2n) is 3.77. The van der Waals surface area contributed by atoms with E-state index < -0.39 is 5.97 Å². The topological polar surface area (TPSA) is 109 Å². The fourth-order valence-corrected chi connectivity index (χ4v) is 1.66. The molecule has 0 atom stereocenters. The average Bonchev–Trinajstić information content (AvgIpc) is 2.83. The first-order valence-electron chi connectivity index (χ1n) is 5.72. The van der Waals surface area contributed by atoms with Crippen LogP contribution in [0.4, 0.5) is 0 Å². The van der Waals surface area contributed by atoms with Crippen LogP contribution in [0.5, 0.6) is 0 Å². The van der Waals surface area contributed by atoms with Crippen molar-refractivity contribution in [3.63, 3.8) is 0 Å². The molecule has 0 saturated heterocycles. The Hall–Kier alpha value is -2.35. The molecule has 0 spiro atoms. The van der Waals surface area contributed by atoms with Gasteiger partial charge in [0.05, 0.1) is 31.2 Å². The van der Waals surface area contributed by atoms with Crippen LogP contribution in [0.1, 0.15) is 21.9 Å². The van der Waals surface area contributed by atoms with Crippen molar-refractivity contribution in [1.82, 2.24) is 25.0 Å². The fourth-order valence-electron chi connectivity index (χ4n) is 1.66. The van der Waals surface area contributed by atoms with Gasteiger partial charge in [0.15, 0.2) is 5.69 Å². The van der Waals surface area contributed by atoms with E-state index in [1.807, 2.05) is 0 Å². The molecule has 100 valence electrons. The fraction of sp³-hybridized carbons (Fsp3) is 0.364. The minimum atomic E-state index is -0.520. The smallest absolute Gasteiger partial charge is 0.360 e. The molecule has 2 N–H and O–H groups in total. The normalized spacial score (nSPS) is 10.4. The summed E-state index contributed by atoms with van der Waals surface area (Å²) in [7, 11) is 1.30. The van der Waals surface area contributed by atoms with Crippen molar-refractivity contribution in [3.05, 3.63) is 35.7 Å². The van der Waals surface area contributed by atoms with Gasteiger partial charge in [0, 0.05) is 18.8 Å². The number of aromatic nitrogens is 5. The molecular weight excluding hydrogens is 248 g/mol. The molecule has 2 rings (SSSR count). The van der Waals surface area contributed by atoms with Crippen LogP contribution in [0.3, 0.4) is 0 Å². The minimum absolute atomic E-state index is 0.192. The molecule has 0 fully saturated rings. The summed E-state index contributed by atoms with van der Waals surface area (Å²) in [6.07, 6.45) is 5.30. The highest BCUT2D eigenvalue weighted by atomic mass is 16.5. The van der Waals surface area contributed by atoms with Crippen LogP contribution in [0.2, 0.25) is 0 Å². The Morgan fingerprint density at radius 2 is 2.32 bits per heavy atom. The molecule has 8 heteroatoms. The summed E-state index contributed by atoms with van der Waals surface area (Å²) in [6, 6.07) is 0. The highest BCUT2D eigenvalue weighted by Gasteiger charge is 2.19. The van der Waals surface area contributed by atoms with Gasteiger partial charge < -0.3 is 10.5 Å². The van der Waals surface area contributed by atoms with Gasteiger partial charge in [-0.3, -0.25) is 9.97 Å². The second kappa shape index (κ2) is 6.01. The van der Waals surface area contributed by atoms with E-state index in [4.69, 9.17) is 5.73 Å². The Morgan fingerprint density at radius 3 is 2.95 bits per heavy atom. The van der Waals surface area contributed by atoms with E-state index in [0.29, 0.717) is 25.2 Å². The number of carbonyl (C=O) groups excluding carboxylic acids is 1. The van der Waals surface area contributed by atoms with E-state index in [1.54, 1.807) is 23.3 Å². The maximum absolute atomic E-state index is 11.6. The van der Waals surface area contributed by atoms with Crippen molar-refractivity contribution in [2.75, 3.05) is 13.7 Å². The average molecular weight is 262 g/mol. The molecule has 0 amide bonds. The zero-order valence-corrected chi connectivity index (χ0v) is 10.5. The number of nitrogens with two attached hydrogens (primary N) is 1. The number of hydrogen-bond donors (Lipinski definition) is 1. The van der Waals surface area contributed by atoms with E-state index in [-0.39, 0.29) is 5.69 Å². The first-order valence-corrected chi connectivity index (χ1v) is 5.72. The number of carbonyl (C=O) groups is 1. The number of methoxy groups -OCH3 is 1. The zero-order valence-electron chi connectivity index (χ0n) is 10.5. The van der Waals surface area contributed by atoms with Crippen LogP contribution < -0.4 is 5.73 Å². The van der Waals surface area contributed by atoms with Gasteiger partial charge in [0.2, 0.25) is 0 Å². The van der Waals surface area contributed by atoms with Gasteiger partial charge in [-0.1, -0.05) is 5.21 Å². The summed E-state index contributed by atoms with van der Waals surface area (Å²) in [5.41, 5.74) is 7.10. The van der Waals surface area contributed by atoms with E-state index in [0.717, 1.165) is 5.69 Å². The summed E-state index contributed by atoms with van der Waals surface area (Å²) in [5.74, 6) is -0.520. The number of esters is 1. The van der Waals surface area contributed by atoms with Crippen LogP contribution in [0.25, 0.3) is 0 Å². The molecule has 0 unspecified atom stereocenters. The van der Waals surface area contributed by atoms with Crippen LogP contribution in [-0.4, -0.2) is 44.6 Å². The standard InChI is InChI=1S/C11H14N6O2/c1-19-11(18)10-9(2-3-12)17(16-15-10)7-8-6-13-4-5-14-8/h4-6H,2-3,7,12H2,1H3. The summed E-state index contributed by atoms with van der Waals surface area (Å²) in [5, 5.41) is 7.78. The van der Waals surface area contributed by atoms with Crippen molar-refractivity contribution in [1.29, 1.82) is 0 Å². The highest BCUT2D eigenvalue weighted by molar-refractivity contribution is 5.88. The molecule has 2 heterocycles. The Morgan fingerprint density at radius 1 is 1.47 bits per heavy atom. The molecule has 0 aliphatic carbocycles. The minimum Gasteiger partial charge on any atom is -0.464 e. The number of nitrogens with zero attached hydrogens (tertiary/aromatic N) is 5. The SMILES string of the molecule is COC(=O)c1nnn(Cc2cnccn2)c1CCN. The molecule has 0 radical (unpaired) electrons. The molecule has 0 saturated carbocycles. The highest BCUT2D eigenvalue weighted by Crippen LogP contribution is 2.09. The second-order valence-corrected chi connectivity index (χ2v) is 3.77. The van der Waals surface area contributed by atoms with Crippen molar-refractivity contribution in [2.24, 2.45) is 5.73 Å². The molecular formula is C11H14N6O2. The number of ether oxygens (including phenoxy) is 1. The van der Waals surface area contributed by atoms with Gasteiger partial charge in [-0.25, -0.2) is 9.48 Å². The zero-order chi connectivity index (χ0) is 13.7. The van der Waals surface area contributed by atoms with Crippen molar-refractivity contribution in [2.45, 2.75) is 13.0 Å². The molecule has 0 aromatic carbocycles. The monoisotopic (exact) mass is 262 g/mol. The van der Waals surface area contributed by atoms with Gasteiger partial charge in [-0.05, 0) is 6.54 Å². The number of hydrogen-bond acceptors (Lipinski definition) is 7. The third-order valence-electron chi connectivity index (χ3n) is 2.53. The van der Waals surface area contributed by atoms with Gasteiger partial charge >= 0.3 is 5.97 Å². The predicted molar refractivity (Wildman–Crippen MR) is 65.3 cm³/mol. The lowest BCUT2D eigenvalue weighted by Crippen LogP contribution is -2.15. The Kier molecular flexibility index (Phi) is 4.14. The lowest BCUT2D eigenvalue weighted by molar-refractivity contribution is 0.0592. The van der Waals surface area contributed by atoms with Crippen LogP contribution in [-0.2, 0) is 17.7 Å². The van der Waals surface area contributed by atoms with Gasteiger partial charge in [-0.2, -0.15) is 0 Å². The molecule has 2 aromatic heterocycles. The van der Waals surface area contributed by atoms with E-state index in [1.165, 1.54) is 7.11 Å². The van der Waals surface area contributed by atoms with E-state index in [2.05, 4.69) is 25.0 Å². The largest absolute Gasteiger partial charge is 0.464 e. The third-order valence-corrected chi connectivity index (χ3v) is 2.53. The van der Waals surface area contributed by atoms with Gasteiger partial charge in [-0.15, -0.1) is 5.10 Å². The Bertz CT molecular complexity index is 554. The van der Waals surface area contributed by atoms with Crippen LogP contribution in [0, 0.1) is 0 Å². The Balaban J connectivity index is 2.30. The van der Waals surface area contributed by atoms with Gasteiger partial charge in [0.1, 0.15) is 0 Å². The summed E-state index contributed by atoms with van der Waals surface area (Å²) >= 11 is 0. The maximum atomic E-state index is 11.6. The maximum Gasteiger partial charge on any atom is 0.360 e. The molecule has 0 aliphatic rings. The first-order chi connectivity index (χ1) is 9.26. The quantitative estimate of drug-likeness (QED) is 0.717. The summed E-state index contributed by atoms with van der Waals surface area (Å²) < 4.78 is 6.25. The Labute approximate surface area is 109 Å². The van der Waals surface area contributed by atoms with Gasteiger partial charge in [0.25, 0.3) is 0 Å².